The summed E-state index contributed by atoms with van der Waals surface area (Å²) in [5.41, 5.74) is 3.35. The van der Waals surface area contributed by atoms with Gasteiger partial charge in [0.25, 0.3) is 11.8 Å². The van der Waals surface area contributed by atoms with Crippen molar-refractivity contribution in [1.29, 1.82) is 0 Å². The first-order valence-corrected chi connectivity index (χ1v) is 8.79. The fourth-order valence-electron chi connectivity index (χ4n) is 2.25. The second kappa shape index (κ2) is 7.60. The van der Waals surface area contributed by atoms with Gasteiger partial charge in [-0.05, 0) is 54.2 Å². The van der Waals surface area contributed by atoms with Crippen LogP contribution in [0.25, 0.3) is 6.08 Å². The number of aromatic carboxylic acids is 1. The van der Waals surface area contributed by atoms with E-state index in [1.165, 1.54) is 36.4 Å². The normalized spacial score (nSPS) is 15.3. The Kier molecular flexibility index (Phi) is 5.24. The van der Waals surface area contributed by atoms with E-state index in [0.29, 0.717) is 10.5 Å². The number of carbonyl (C=O) groups excluding carboxylic acids is 2. The van der Waals surface area contributed by atoms with E-state index in [-0.39, 0.29) is 21.2 Å². The highest BCUT2D eigenvalue weighted by atomic mass is 32.2. The van der Waals surface area contributed by atoms with Crippen LogP contribution in [0.4, 0.5) is 0 Å². The number of carbonyl (C=O) groups is 3. The number of hydrazine groups is 1. The van der Waals surface area contributed by atoms with E-state index in [2.05, 4.69) is 5.43 Å². The number of aromatic hydroxyl groups is 1. The Morgan fingerprint density at radius 2 is 1.81 bits per heavy atom. The number of benzene rings is 2. The SMILES string of the molecule is O=C(O)c1ccc(/C=C2\SC(=S)N(NC(=O)c3cccc(O)c3)C2=O)cc1. The molecule has 0 saturated carbocycles. The topological polar surface area (TPSA) is 107 Å². The minimum absolute atomic E-state index is 0.0715. The van der Waals surface area contributed by atoms with Crippen molar-refractivity contribution in [3.05, 3.63) is 70.1 Å². The zero-order valence-electron chi connectivity index (χ0n) is 13.6. The standard InChI is InChI=1S/C18H12N2O5S2/c21-13-3-1-2-12(9-13)15(22)19-20-16(23)14(27-18(20)26)8-10-4-6-11(7-5-10)17(24)25/h1-9,21H,(H,19,22)(H,24,25)/b14-8-. The number of carboxylic acid groups (broad SMARTS) is 1. The highest BCUT2D eigenvalue weighted by Gasteiger charge is 2.33. The Balaban J connectivity index is 1.76. The first kappa shape index (κ1) is 18.6. The monoisotopic (exact) mass is 400 g/mol. The number of thiocarbonyl (C=S) groups is 1. The molecule has 1 fully saturated rings. The van der Waals surface area contributed by atoms with Gasteiger partial charge in [0.15, 0.2) is 4.32 Å². The summed E-state index contributed by atoms with van der Waals surface area (Å²) >= 11 is 6.16. The molecule has 3 N–H and O–H groups in total. The van der Waals surface area contributed by atoms with Crippen LogP contribution >= 0.6 is 24.0 Å². The van der Waals surface area contributed by atoms with Crippen molar-refractivity contribution in [1.82, 2.24) is 10.4 Å². The molecule has 2 aromatic carbocycles. The molecule has 9 heteroatoms. The molecule has 0 radical (unpaired) electrons. The molecule has 0 atom stereocenters. The second-order valence-corrected chi connectivity index (χ2v) is 7.11. The molecule has 1 heterocycles. The molecule has 0 aliphatic carbocycles. The van der Waals surface area contributed by atoms with E-state index in [4.69, 9.17) is 17.3 Å². The summed E-state index contributed by atoms with van der Waals surface area (Å²) in [5.74, 6) is -2.20. The number of hydrogen-bond acceptors (Lipinski definition) is 6. The summed E-state index contributed by atoms with van der Waals surface area (Å²) < 4.78 is 0.155. The summed E-state index contributed by atoms with van der Waals surface area (Å²) in [6.45, 7) is 0. The smallest absolute Gasteiger partial charge is 0.335 e. The van der Waals surface area contributed by atoms with Gasteiger partial charge in [-0.3, -0.25) is 15.0 Å². The molecule has 136 valence electrons. The van der Waals surface area contributed by atoms with Crippen LogP contribution in [0.2, 0.25) is 0 Å². The maximum atomic E-state index is 12.5. The average Bonchev–Trinajstić information content (AvgIpc) is 2.89. The fourth-order valence-corrected chi connectivity index (χ4v) is 3.43. The lowest BCUT2D eigenvalue weighted by Gasteiger charge is -2.15. The zero-order valence-corrected chi connectivity index (χ0v) is 15.2. The Morgan fingerprint density at radius 3 is 2.44 bits per heavy atom. The van der Waals surface area contributed by atoms with Gasteiger partial charge in [0.2, 0.25) is 0 Å². The molecular weight excluding hydrogens is 388 g/mol. The summed E-state index contributed by atoms with van der Waals surface area (Å²) in [6, 6.07) is 11.7. The van der Waals surface area contributed by atoms with Crippen LogP contribution in [0.3, 0.4) is 0 Å². The molecule has 2 aromatic rings. The van der Waals surface area contributed by atoms with Crippen molar-refractivity contribution in [2.24, 2.45) is 0 Å². The molecule has 0 aromatic heterocycles. The lowest BCUT2D eigenvalue weighted by atomic mass is 10.1. The van der Waals surface area contributed by atoms with E-state index >= 15 is 0 Å². The Bertz CT molecular complexity index is 986. The first-order valence-electron chi connectivity index (χ1n) is 7.56. The van der Waals surface area contributed by atoms with E-state index in [0.717, 1.165) is 16.8 Å². The van der Waals surface area contributed by atoms with E-state index in [1.807, 2.05) is 0 Å². The Hall–Kier alpha value is -3.17. The summed E-state index contributed by atoms with van der Waals surface area (Å²) in [6.07, 6.45) is 1.56. The van der Waals surface area contributed by atoms with E-state index in [1.54, 1.807) is 18.2 Å². The van der Waals surface area contributed by atoms with Gasteiger partial charge in [-0.2, -0.15) is 5.01 Å². The van der Waals surface area contributed by atoms with Crippen LogP contribution in [0.15, 0.2) is 53.4 Å². The van der Waals surface area contributed by atoms with Crippen molar-refractivity contribution in [3.63, 3.8) is 0 Å². The van der Waals surface area contributed by atoms with Gasteiger partial charge in [-0.1, -0.05) is 30.0 Å². The minimum atomic E-state index is -1.04. The minimum Gasteiger partial charge on any atom is -0.508 e. The molecule has 1 aliphatic heterocycles. The number of thioether (sulfide) groups is 1. The summed E-state index contributed by atoms with van der Waals surface area (Å²) in [5, 5.41) is 19.3. The maximum Gasteiger partial charge on any atom is 0.335 e. The largest absolute Gasteiger partial charge is 0.508 e. The van der Waals surface area contributed by atoms with Crippen LogP contribution in [-0.2, 0) is 4.79 Å². The fraction of sp³-hybridized carbons (Fsp3) is 0. The number of amides is 2. The van der Waals surface area contributed by atoms with Gasteiger partial charge in [-0.15, -0.1) is 0 Å². The highest BCUT2D eigenvalue weighted by molar-refractivity contribution is 8.26. The third-order valence-corrected chi connectivity index (χ3v) is 4.87. The quantitative estimate of drug-likeness (QED) is 0.535. The Labute approximate surface area is 163 Å². The van der Waals surface area contributed by atoms with Crippen LogP contribution in [0.1, 0.15) is 26.3 Å². The van der Waals surface area contributed by atoms with Crippen LogP contribution in [0, 0.1) is 0 Å². The van der Waals surface area contributed by atoms with Gasteiger partial charge >= 0.3 is 5.97 Å². The lowest BCUT2D eigenvalue weighted by molar-refractivity contribution is -0.123. The van der Waals surface area contributed by atoms with E-state index < -0.39 is 17.8 Å². The molecule has 0 spiro atoms. The van der Waals surface area contributed by atoms with Crippen LogP contribution in [-0.4, -0.2) is 37.3 Å². The number of rotatable bonds is 4. The van der Waals surface area contributed by atoms with Crippen molar-refractivity contribution in [3.8, 4) is 5.75 Å². The van der Waals surface area contributed by atoms with Crippen molar-refractivity contribution >= 4 is 52.2 Å². The van der Waals surface area contributed by atoms with Crippen molar-refractivity contribution in [2.75, 3.05) is 0 Å². The molecule has 3 rings (SSSR count). The summed E-state index contributed by atoms with van der Waals surface area (Å²) in [4.78, 5) is 35.9. The third kappa shape index (κ3) is 4.15. The average molecular weight is 400 g/mol. The first-order chi connectivity index (χ1) is 12.8. The van der Waals surface area contributed by atoms with Crippen molar-refractivity contribution < 1.29 is 24.6 Å². The molecular formula is C18H12N2O5S2. The predicted octanol–water partition coefficient (Wildman–Crippen LogP) is 2.64. The zero-order chi connectivity index (χ0) is 19.6. The number of phenolic OH excluding ortho intramolecular Hbond substituents is 1. The molecule has 7 nitrogen and oxygen atoms in total. The number of phenols is 1. The van der Waals surface area contributed by atoms with E-state index in [9.17, 15) is 19.5 Å². The summed E-state index contributed by atoms with van der Waals surface area (Å²) in [7, 11) is 0. The highest BCUT2D eigenvalue weighted by Crippen LogP contribution is 2.31. The van der Waals surface area contributed by atoms with Gasteiger partial charge < -0.3 is 10.2 Å². The van der Waals surface area contributed by atoms with Gasteiger partial charge in [0.1, 0.15) is 5.75 Å². The number of nitrogens with one attached hydrogen (secondary N) is 1. The number of hydrogen-bond donors (Lipinski definition) is 3. The van der Waals surface area contributed by atoms with Gasteiger partial charge in [0, 0.05) is 5.56 Å². The van der Waals surface area contributed by atoms with Gasteiger partial charge in [-0.25, -0.2) is 4.79 Å². The van der Waals surface area contributed by atoms with Crippen LogP contribution in [0.5, 0.6) is 5.75 Å². The Morgan fingerprint density at radius 1 is 1.11 bits per heavy atom. The molecule has 0 unspecified atom stereocenters. The maximum absolute atomic E-state index is 12.5. The molecule has 2 amide bonds. The number of carboxylic acids is 1. The van der Waals surface area contributed by atoms with Crippen molar-refractivity contribution in [2.45, 2.75) is 0 Å². The number of nitrogens with zero attached hydrogens (tertiary/aromatic N) is 1. The third-order valence-electron chi connectivity index (χ3n) is 3.57. The molecule has 0 bridgehead atoms. The van der Waals surface area contributed by atoms with Gasteiger partial charge in [0.05, 0.1) is 10.5 Å². The predicted molar refractivity (Wildman–Crippen MR) is 104 cm³/mol. The molecule has 1 aliphatic rings. The molecule has 1 saturated heterocycles. The van der Waals surface area contributed by atoms with Crippen LogP contribution < -0.4 is 5.43 Å². The lowest BCUT2D eigenvalue weighted by Crippen LogP contribution is -2.44. The molecule has 27 heavy (non-hydrogen) atoms. The second-order valence-electron chi connectivity index (χ2n) is 5.44.